The molecule has 0 atom stereocenters. The Bertz CT molecular complexity index is 539. The Labute approximate surface area is 110 Å². The summed E-state index contributed by atoms with van der Waals surface area (Å²) in [5, 5.41) is 0. The maximum absolute atomic E-state index is 5.65. The zero-order valence-electron chi connectivity index (χ0n) is 11.7. The van der Waals surface area contributed by atoms with E-state index in [0.29, 0.717) is 6.54 Å². The molecule has 0 fully saturated rings. The van der Waals surface area contributed by atoms with Crippen LogP contribution in [-0.4, -0.2) is 0 Å². The van der Waals surface area contributed by atoms with Crippen LogP contribution in [0, 0.1) is 27.7 Å². The summed E-state index contributed by atoms with van der Waals surface area (Å²) in [5.41, 5.74) is 14.9. The first-order chi connectivity index (χ1) is 8.54. The Morgan fingerprint density at radius 3 is 1.78 bits per heavy atom. The van der Waals surface area contributed by atoms with Crippen LogP contribution < -0.4 is 5.73 Å². The molecule has 0 heterocycles. The van der Waals surface area contributed by atoms with Crippen LogP contribution in [0.5, 0.6) is 0 Å². The van der Waals surface area contributed by atoms with Crippen molar-refractivity contribution in [3.63, 3.8) is 0 Å². The molecule has 0 aliphatic rings. The molecule has 2 N–H and O–H groups in total. The van der Waals surface area contributed by atoms with Gasteiger partial charge in [-0.05, 0) is 66.6 Å². The third-order valence-corrected chi connectivity index (χ3v) is 3.84. The molecule has 1 nitrogen and oxygen atoms in total. The molecule has 18 heavy (non-hydrogen) atoms. The molecule has 0 spiro atoms. The van der Waals surface area contributed by atoms with Crippen molar-refractivity contribution < 1.29 is 0 Å². The smallest absolute Gasteiger partial charge is 0.0178 e. The van der Waals surface area contributed by atoms with E-state index >= 15 is 0 Å². The van der Waals surface area contributed by atoms with E-state index in [1.54, 1.807) is 0 Å². The van der Waals surface area contributed by atoms with Gasteiger partial charge in [0.25, 0.3) is 0 Å². The molecule has 0 aliphatic heterocycles. The highest BCUT2D eigenvalue weighted by molar-refractivity contribution is 5.73. The predicted molar refractivity (Wildman–Crippen MR) is 78.7 cm³/mol. The summed E-state index contributed by atoms with van der Waals surface area (Å²) in [6, 6.07) is 10.9. The largest absolute Gasteiger partial charge is 0.326 e. The highest BCUT2D eigenvalue weighted by Crippen LogP contribution is 2.31. The zero-order valence-corrected chi connectivity index (χ0v) is 11.7. The molecule has 1 heteroatoms. The second-order valence-electron chi connectivity index (χ2n) is 5.04. The minimum atomic E-state index is 0.602. The molecule has 0 aromatic heterocycles. The maximum atomic E-state index is 5.65. The summed E-state index contributed by atoms with van der Waals surface area (Å²) in [5.74, 6) is 0. The minimum Gasteiger partial charge on any atom is -0.326 e. The molecule has 2 aromatic carbocycles. The van der Waals surface area contributed by atoms with Crippen molar-refractivity contribution in [2.45, 2.75) is 34.2 Å². The zero-order chi connectivity index (χ0) is 13.3. The van der Waals surface area contributed by atoms with E-state index in [4.69, 9.17) is 5.73 Å². The van der Waals surface area contributed by atoms with E-state index in [1.165, 1.54) is 38.9 Å². The minimum absolute atomic E-state index is 0.602. The normalized spacial score (nSPS) is 10.7. The summed E-state index contributed by atoms with van der Waals surface area (Å²) in [4.78, 5) is 0. The van der Waals surface area contributed by atoms with Crippen molar-refractivity contribution in [2.75, 3.05) is 0 Å². The second-order valence-corrected chi connectivity index (χ2v) is 5.04. The summed E-state index contributed by atoms with van der Waals surface area (Å²) in [7, 11) is 0. The van der Waals surface area contributed by atoms with Crippen LogP contribution in [0.3, 0.4) is 0 Å². The van der Waals surface area contributed by atoms with E-state index < -0.39 is 0 Å². The van der Waals surface area contributed by atoms with Crippen molar-refractivity contribution in [1.29, 1.82) is 0 Å². The number of benzene rings is 2. The van der Waals surface area contributed by atoms with Crippen molar-refractivity contribution in [3.8, 4) is 11.1 Å². The first-order valence-corrected chi connectivity index (χ1v) is 6.41. The second kappa shape index (κ2) is 4.95. The van der Waals surface area contributed by atoms with Gasteiger partial charge in [-0.3, -0.25) is 0 Å². The van der Waals surface area contributed by atoms with Gasteiger partial charge in [0.15, 0.2) is 0 Å². The van der Waals surface area contributed by atoms with Crippen LogP contribution in [0.25, 0.3) is 11.1 Å². The van der Waals surface area contributed by atoms with Crippen LogP contribution in [0.15, 0.2) is 30.3 Å². The van der Waals surface area contributed by atoms with Gasteiger partial charge in [-0.1, -0.05) is 30.3 Å². The molecule has 2 rings (SSSR count). The monoisotopic (exact) mass is 239 g/mol. The van der Waals surface area contributed by atoms with E-state index in [0.717, 1.165) is 0 Å². The van der Waals surface area contributed by atoms with Gasteiger partial charge in [0.2, 0.25) is 0 Å². The first kappa shape index (κ1) is 12.8. The Morgan fingerprint density at radius 1 is 0.833 bits per heavy atom. The van der Waals surface area contributed by atoms with Crippen LogP contribution >= 0.6 is 0 Å². The number of hydrogen-bond acceptors (Lipinski definition) is 1. The fourth-order valence-corrected chi connectivity index (χ4v) is 2.46. The maximum Gasteiger partial charge on any atom is 0.0178 e. The van der Waals surface area contributed by atoms with Gasteiger partial charge >= 0.3 is 0 Å². The molecule has 0 bridgehead atoms. The summed E-state index contributed by atoms with van der Waals surface area (Å²) >= 11 is 0. The fourth-order valence-electron chi connectivity index (χ4n) is 2.46. The van der Waals surface area contributed by atoms with Gasteiger partial charge < -0.3 is 5.73 Å². The molecule has 0 radical (unpaired) electrons. The highest BCUT2D eigenvalue weighted by atomic mass is 14.5. The fraction of sp³-hybridized carbons (Fsp3) is 0.294. The van der Waals surface area contributed by atoms with Crippen LogP contribution in [0.4, 0.5) is 0 Å². The number of aryl methyl sites for hydroxylation is 2. The Kier molecular flexibility index (Phi) is 3.53. The third kappa shape index (κ3) is 2.19. The molecule has 0 saturated heterocycles. The average Bonchev–Trinajstić information content (AvgIpc) is 2.37. The van der Waals surface area contributed by atoms with E-state index in [-0.39, 0.29) is 0 Å². The predicted octanol–water partition coefficient (Wildman–Crippen LogP) is 4.05. The van der Waals surface area contributed by atoms with E-state index in [9.17, 15) is 0 Å². The van der Waals surface area contributed by atoms with Crippen LogP contribution in [0.1, 0.15) is 27.8 Å². The highest BCUT2D eigenvalue weighted by Gasteiger charge is 2.10. The Hall–Kier alpha value is -1.60. The summed E-state index contributed by atoms with van der Waals surface area (Å²) in [6.45, 7) is 9.37. The molecule has 2 aromatic rings. The van der Waals surface area contributed by atoms with Gasteiger partial charge in [0, 0.05) is 6.54 Å². The number of hydrogen-bond donors (Lipinski definition) is 1. The molecule has 0 unspecified atom stereocenters. The van der Waals surface area contributed by atoms with Gasteiger partial charge in [-0.15, -0.1) is 0 Å². The van der Waals surface area contributed by atoms with Gasteiger partial charge in [0.1, 0.15) is 0 Å². The molecule has 0 saturated carbocycles. The lowest BCUT2D eigenvalue weighted by atomic mass is 9.89. The third-order valence-electron chi connectivity index (χ3n) is 3.84. The van der Waals surface area contributed by atoms with Crippen molar-refractivity contribution in [2.24, 2.45) is 5.73 Å². The Morgan fingerprint density at radius 2 is 1.33 bits per heavy atom. The first-order valence-electron chi connectivity index (χ1n) is 6.41. The quantitative estimate of drug-likeness (QED) is 0.840. The molecule has 0 aliphatic carbocycles. The standard InChI is InChI=1S/C17H21N/c1-11-9-12(2)14(4)17(13(11)3)16-7-5-15(10-18)6-8-16/h5-9H,10,18H2,1-4H3. The molecular formula is C17H21N. The van der Waals surface area contributed by atoms with Gasteiger partial charge in [-0.25, -0.2) is 0 Å². The lowest BCUT2D eigenvalue weighted by Crippen LogP contribution is -1.97. The van der Waals surface area contributed by atoms with Gasteiger partial charge in [-0.2, -0.15) is 0 Å². The van der Waals surface area contributed by atoms with Crippen molar-refractivity contribution in [3.05, 3.63) is 58.1 Å². The topological polar surface area (TPSA) is 26.0 Å². The Balaban J connectivity index is 2.62. The average molecular weight is 239 g/mol. The van der Waals surface area contributed by atoms with E-state index in [2.05, 4.69) is 58.0 Å². The summed E-state index contributed by atoms with van der Waals surface area (Å²) in [6.07, 6.45) is 0. The molecular weight excluding hydrogens is 218 g/mol. The molecule has 94 valence electrons. The number of rotatable bonds is 2. The summed E-state index contributed by atoms with van der Waals surface area (Å²) < 4.78 is 0. The van der Waals surface area contributed by atoms with Gasteiger partial charge in [0.05, 0.1) is 0 Å². The van der Waals surface area contributed by atoms with E-state index in [1.807, 2.05) is 0 Å². The molecule has 0 amide bonds. The van der Waals surface area contributed by atoms with Crippen LogP contribution in [-0.2, 0) is 6.54 Å². The van der Waals surface area contributed by atoms with Crippen LogP contribution in [0.2, 0.25) is 0 Å². The lowest BCUT2D eigenvalue weighted by molar-refractivity contribution is 1.07. The SMILES string of the molecule is Cc1cc(C)c(C)c(-c2ccc(CN)cc2)c1C. The van der Waals surface area contributed by atoms with Crippen molar-refractivity contribution >= 4 is 0 Å². The van der Waals surface area contributed by atoms with Crippen molar-refractivity contribution in [1.82, 2.24) is 0 Å². The lowest BCUT2D eigenvalue weighted by Gasteiger charge is -2.15. The number of nitrogens with two attached hydrogens (primary N) is 1.